The summed E-state index contributed by atoms with van der Waals surface area (Å²) >= 11 is 0. The smallest absolute Gasteiger partial charge is 0.141 e. The Morgan fingerprint density at radius 2 is 2.20 bits per heavy atom. The minimum absolute atomic E-state index is 0.123. The number of hydrogen-bond donors (Lipinski definition) is 1. The summed E-state index contributed by atoms with van der Waals surface area (Å²) in [5.41, 5.74) is 9.23. The maximum Gasteiger partial charge on any atom is 0.141 e. The van der Waals surface area contributed by atoms with Crippen LogP contribution in [0.3, 0.4) is 0 Å². The lowest BCUT2D eigenvalue weighted by Crippen LogP contribution is -2.39. The SMILES string of the molecule is Cc1cc(C)c2c(c1)C=CC1(CCN(CCCN)C1)O2. The van der Waals surface area contributed by atoms with E-state index in [1.807, 2.05) is 0 Å². The van der Waals surface area contributed by atoms with E-state index in [4.69, 9.17) is 10.5 Å². The van der Waals surface area contributed by atoms with E-state index in [1.165, 1.54) is 16.7 Å². The molecule has 0 amide bonds. The number of nitrogens with zero attached hydrogens (tertiary/aromatic N) is 1. The van der Waals surface area contributed by atoms with Crippen molar-refractivity contribution in [1.82, 2.24) is 4.90 Å². The van der Waals surface area contributed by atoms with E-state index in [2.05, 4.69) is 43.0 Å². The number of hydrogen-bond acceptors (Lipinski definition) is 3. The van der Waals surface area contributed by atoms with Gasteiger partial charge < -0.3 is 10.5 Å². The van der Waals surface area contributed by atoms with E-state index in [1.54, 1.807) is 0 Å². The van der Waals surface area contributed by atoms with Crippen LogP contribution in [0.1, 0.15) is 29.5 Å². The molecule has 2 N–H and O–H groups in total. The summed E-state index contributed by atoms with van der Waals surface area (Å²) in [6.45, 7) is 8.20. The van der Waals surface area contributed by atoms with E-state index in [0.717, 1.165) is 44.8 Å². The Morgan fingerprint density at radius 3 is 3.00 bits per heavy atom. The number of rotatable bonds is 3. The molecule has 0 radical (unpaired) electrons. The van der Waals surface area contributed by atoms with E-state index in [0.29, 0.717) is 0 Å². The van der Waals surface area contributed by atoms with E-state index >= 15 is 0 Å². The molecule has 1 aromatic carbocycles. The Morgan fingerprint density at radius 1 is 1.35 bits per heavy atom. The Labute approximate surface area is 121 Å². The predicted molar refractivity (Wildman–Crippen MR) is 83.0 cm³/mol. The van der Waals surface area contributed by atoms with Gasteiger partial charge in [0.15, 0.2) is 0 Å². The van der Waals surface area contributed by atoms with Crippen molar-refractivity contribution < 1.29 is 4.74 Å². The van der Waals surface area contributed by atoms with Crippen LogP contribution < -0.4 is 10.5 Å². The number of nitrogens with two attached hydrogens (primary N) is 1. The Kier molecular flexibility index (Phi) is 3.57. The monoisotopic (exact) mass is 272 g/mol. The van der Waals surface area contributed by atoms with Gasteiger partial charge in [0.05, 0.1) is 0 Å². The number of benzene rings is 1. The molecule has 0 aromatic heterocycles. The van der Waals surface area contributed by atoms with Crippen LogP contribution >= 0.6 is 0 Å². The van der Waals surface area contributed by atoms with Crippen molar-refractivity contribution in [2.75, 3.05) is 26.2 Å². The highest BCUT2D eigenvalue weighted by atomic mass is 16.5. The molecule has 1 saturated heterocycles. The highest BCUT2D eigenvalue weighted by molar-refractivity contribution is 5.64. The highest BCUT2D eigenvalue weighted by Crippen LogP contribution is 2.38. The summed E-state index contributed by atoms with van der Waals surface area (Å²) in [6, 6.07) is 4.40. The molecule has 1 fully saturated rings. The second kappa shape index (κ2) is 5.23. The van der Waals surface area contributed by atoms with Crippen molar-refractivity contribution in [2.45, 2.75) is 32.3 Å². The molecule has 1 atom stereocenters. The lowest BCUT2D eigenvalue weighted by molar-refractivity contribution is 0.122. The van der Waals surface area contributed by atoms with Gasteiger partial charge in [-0.3, -0.25) is 4.90 Å². The Bertz CT molecular complexity index is 538. The molecule has 0 aliphatic carbocycles. The first kappa shape index (κ1) is 13.7. The molecular formula is C17H24N2O. The highest BCUT2D eigenvalue weighted by Gasteiger charge is 2.40. The first-order valence-electron chi connectivity index (χ1n) is 7.54. The molecule has 3 rings (SSSR count). The largest absolute Gasteiger partial charge is 0.481 e. The first-order valence-corrected chi connectivity index (χ1v) is 7.54. The molecule has 2 aliphatic rings. The van der Waals surface area contributed by atoms with Crippen molar-refractivity contribution in [3.8, 4) is 5.75 Å². The van der Waals surface area contributed by atoms with E-state index < -0.39 is 0 Å². The lowest BCUT2D eigenvalue weighted by atomic mass is 9.95. The Hall–Kier alpha value is -1.32. The molecule has 1 aromatic rings. The van der Waals surface area contributed by atoms with Crippen molar-refractivity contribution in [3.63, 3.8) is 0 Å². The van der Waals surface area contributed by atoms with Gasteiger partial charge in [0.2, 0.25) is 0 Å². The van der Waals surface area contributed by atoms with Crippen LogP contribution in [0.4, 0.5) is 0 Å². The fraction of sp³-hybridized carbons (Fsp3) is 0.529. The molecule has 108 valence electrons. The van der Waals surface area contributed by atoms with Gasteiger partial charge in [0.1, 0.15) is 11.4 Å². The summed E-state index contributed by atoms with van der Waals surface area (Å²) in [6.07, 6.45) is 6.64. The Balaban J connectivity index is 1.80. The van der Waals surface area contributed by atoms with E-state index in [9.17, 15) is 0 Å². The molecular weight excluding hydrogens is 248 g/mol. The molecule has 2 aliphatic heterocycles. The van der Waals surface area contributed by atoms with Crippen LogP contribution in [0.15, 0.2) is 18.2 Å². The minimum atomic E-state index is -0.123. The third-order valence-corrected chi connectivity index (χ3v) is 4.34. The molecule has 3 nitrogen and oxygen atoms in total. The maximum absolute atomic E-state index is 6.42. The van der Waals surface area contributed by atoms with Crippen molar-refractivity contribution in [2.24, 2.45) is 5.73 Å². The molecule has 0 saturated carbocycles. The van der Waals surface area contributed by atoms with Gasteiger partial charge >= 0.3 is 0 Å². The van der Waals surface area contributed by atoms with Crippen molar-refractivity contribution in [3.05, 3.63) is 34.9 Å². The molecule has 1 unspecified atom stereocenters. The minimum Gasteiger partial charge on any atom is -0.481 e. The number of likely N-dealkylation sites (tertiary alicyclic amines) is 1. The molecule has 2 heterocycles. The van der Waals surface area contributed by atoms with Crippen LogP contribution in [0, 0.1) is 13.8 Å². The van der Waals surface area contributed by atoms with Crippen LogP contribution in [0.5, 0.6) is 5.75 Å². The number of fused-ring (bicyclic) bond motifs is 1. The maximum atomic E-state index is 6.42. The van der Waals surface area contributed by atoms with E-state index in [-0.39, 0.29) is 5.60 Å². The van der Waals surface area contributed by atoms with Gasteiger partial charge in [-0.25, -0.2) is 0 Å². The third kappa shape index (κ3) is 2.48. The lowest BCUT2D eigenvalue weighted by Gasteiger charge is -2.32. The average Bonchev–Trinajstić information content (AvgIpc) is 2.81. The summed E-state index contributed by atoms with van der Waals surface area (Å²) in [4.78, 5) is 2.46. The topological polar surface area (TPSA) is 38.5 Å². The second-order valence-electron chi connectivity index (χ2n) is 6.17. The van der Waals surface area contributed by atoms with Crippen LogP contribution in [-0.4, -0.2) is 36.7 Å². The quantitative estimate of drug-likeness (QED) is 0.919. The fourth-order valence-electron chi connectivity index (χ4n) is 3.34. The molecule has 20 heavy (non-hydrogen) atoms. The average molecular weight is 272 g/mol. The molecule has 0 bridgehead atoms. The summed E-state index contributed by atoms with van der Waals surface area (Å²) in [5, 5.41) is 0. The van der Waals surface area contributed by atoms with Crippen LogP contribution in [0.25, 0.3) is 6.08 Å². The first-order chi connectivity index (χ1) is 9.62. The van der Waals surface area contributed by atoms with Gasteiger partial charge in [0, 0.05) is 25.1 Å². The zero-order chi connectivity index (χ0) is 14.2. The third-order valence-electron chi connectivity index (χ3n) is 4.34. The van der Waals surface area contributed by atoms with Crippen LogP contribution in [-0.2, 0) is 0 Å². The van der Waals surface area contributed by atoms with Crippen molar-refractivity contribution in [1.29, 1.82) is 0 Å². The summed E-state index contributed by atoms with van der Waals surface area (Å²) < 4.78 is 6.42. The number of ether oxygens (including phenoxy) is 1. The normalized spacial score (nSPS) is 24.9. The zero-order valence-electron chi connectivity index (χ0n) is 12.5. The van der Waals surface area contributed by atoms with Gasteiger partial charge in [-0.15, -0.1) is 0 Å². The van der Waals surface area contributed by atoms with Crippen LogP contribution in [0.2, 0.25) is 0 Å². The fourth-order valence-corrected chi connectivity index (χ4v) is 3.34. The molecule has 3 heteroatoms. The summed E-state index contributed by atoms with van der Waals surface area (Å²) in [7, 11) is 0. The second-order valence-corrected chi connectivity index (χ2v) is 6.17. The predicted octanol–water partition coefficient (Wildman–Crippen LogP) is 2.50. The van der Waals surface area contributed by atoms with Gasteiger partial charge in [0.25, 0.3) is 0 Å². The molecule has 1 spiro atoms. The standard InChI is InChI=1S/C17H24N2O/c1-13-10-14(2)16-15(11-13)4-5-17(20-16)6-9-19(12-17)8-3-7-18/h4-5,10-11H,3,6-9,12,18H2,1-2H3. The summed E-state index contributed by atoms with van der Waals surface area (Å²) in [5.74, 6) is 1.07. The van der Waals surface area contributed by atoms with Crippen molar-refractivity contribution >= 4 is 6.08 Å². The number of aryl methyl sites for hydroxylation is 2. The zero-order valence-corrected chi connectivity index (χ0v) is 12.5. The van der Waals surface area contributed by atoms with Gasteiger partial charge in [-0.05, 0) is 51.1 Å². The van der Waals surface area contributed by atoms with Gasteiger partial charge in [-0.1, -0.05) is 17.7 Å². The van der Waals surface area contributed by atoms with Gasteiger partial charge in [-0.2, -0.15) is 0 Å².